The smallest absolute Gasteiger partial charge is 0.207 e. The molecule has 112 valence electrons. The summed E-state index contributed by atoms with van der Waals surface area (Å²) in [4.78, 5) is 0.137. The van der Waals surface area contributed by atoms with Gasteiger partial charge in [-0.2, -0.15) is 0 Å². The summed E-state index contributed by atoms with van der Waals surface area (Å²) >= 11 is 15.2. The Bertz CT molecular complexity index is 765. The molecule has 1 unspecified atom stereocenters. The summed E-state index contributed by atoms with van der Waals surface area (Å²) in [5.41, 5.74) is 0.718. The van der Waals surface area contributed by atoms with Gasteiger partial charge in [-0.1, -0.05) is 41.4 Å². The number of hydrogen-bond acceptors (Lipinski definition) is 2. The van der Waals surface area contributed by atoms with Gasteiger partial charge in [0.2, 0.25) is 10.0 Å². The Morgan fingerprint density at radius 1 is 1.10 bits per heavy atom. The minimum atomic E-state index is -3.66. The molecule has 1 atom stereocenters. The van der Waals surface area contributed by atoms with Crippen molar-refractivity contribution in [3.63, 3.8) is 0 Å². The van der Waals surface area contributed by atoms with Crippen molar-refractivity contribution in [2.45, 2.75) is 17.9 Å². The van der Waals surface area contributed by atoms with E-state index in [1.54, 1.807) is 25.1 Å². The first kappa shape index (κ1) is 16.8. The van der Waals surface area contributed by atoms with E-state index in [1.165, 1.54) is 18.2 Å². The maximum Gasteiger partial charge on any atom is 0.241 e. The second-order valence-corrected chi connectivity index (χ2v) is 7.82. The molecule has 0 heterocycles. The predicted molar refractivity (Wildman–Crippen MR) is 89.3 cm³/mol. The molecule has 0 saturated carbocycles. The molecule has 0 radical (unpaired) electrons. The Morgan fingerprint density at radius 3 is 2.38 bits per heavy atom. The van der Waals surface area contributed by atoms with E-state index in [0.717, 1.165) is 5.56 Å². The van der Waals surface area contributed by atoms with E-state index in [-0.39, 0.29) is 4.90 Å². The molecule has 2 aromatic rings. The van der Waals surface area contributed by atoms with Gasteiger partial charge >= 0.3 is 0 Å². The summed E-state index contributed by atoms with van der Waals surface area (Å²) in [5.74, 6) is 0. The van der Waals surface area contributed by atoms with Crippen LogP contribution >= 0.6 is 39.1 Å². The summed E-state index contributed by atoms with van der Waals surface area (Å²) in [7, 11) is -3.66. The molecule has 0 saturated heterocycles. The van der Waals surface area contributed by atoms with Crippen LogP contribution in [-0.2, 0) is 10.0 Å². The van der Waals surface area contributed by atoms with Crippen LogP contribution in [0.1, 0.15) is 18.5 Å². The largest absolute Gasteiger partial charge is 0.241 e. The average molecular weight is 409 g/mol. The van der Waals surface area contributed by atoms with Crippen molar-refractivity contribution in [1.82, 2.24) is 4.72 Å². The van der Waals surface area contributed by atoms with Crippen LogP contribution in [0.5, 0.6) is 0 Å². The van der Waals surface area contributed by atoms with Crippen LogP contribution in [0.25, 0.3) is 0 Å². The van der Waals surface area contributed by atoms with Crippen molar-refractivity contribution < 1.29 is 8.42 Å². The molecule has 0 aliphatic carbocycles. The van der Waals surface area contributed by atoms with E-state index in [1.807, 2.05) is 6.07 Å². The molecule has 7 heteroatoms. The highest BCUT2D eigenvalue weighted by atomic mass is 79.9. The SMILES string of the molecule is CC(NS(=O)(=O)c1ccc(Cl)c(Br)c1)c1ccccc1Cl. The van der Waals surface area contributed by atoms with Gasteiger partial charge in [0.1, 0.15) is 0 Å². The lowest BCUT2D eigenvalue weighted by molar-refractivity contribution is 0.567. The van der Waals surface area contributed by atoms with Gasteiger partial charge in [0.25, 0.3) is 0 Å². The summed E-state index contributed by atoms with van der Waals surface area (Å²) in [6.45, 7) is 1.74. The fourth-order valence-corrected chi connectivity index (χ4v) is 4.03. The van der Waals surface area contributed by atoms with Crippen LogP contribution in [0.3, 0.4) is 0 Å². The topological polar surface area (TPSA) is 46.2 Å². The maximum atomic E-state index is 12.4. The summed E-state index contributed by atoms with van der Waals surface area (Å²) in [5, 5.41) is 0.970. The van der Waals surface area contributed by atoms with Gasteiger partial charge < -0.3 is 0 Å². The quantitative estimate of drug-likeness (QED) is 0.789. The number of nitrogens with one attached hydrogen (secondary N) is 1. The zero-order valence-electron chi connectivity index (χ0n) is 11.0. The van der Waals surface area contributed by atoms with Crippen molar-refractivity contribution in [2.75, 3.05) is 0 Å². The van der Waals surface area contributed by atoms with Gasteiger partial charge in [0, 0.05) is 15.5 Å². The fraction of sp³-hybridized carbons (Fsp3) is 0.143. The zero-order chi connectivity index (χ0) is 15.6. The monoisotopic (exact) mass is 407 g/mol. The first-order valence-corrected chi connectivity index (χ1v) is 9.06. The Hall–Kier alpha value is -0.590. The Morgan fingerprint density at radius 2 is 1.76 bits per heavy atom. The average Bonchev–Trinajstić information content (AvgIpc) is 2.41. The van der Waals surface area contributed by atoms with Crippen LogP contribution in [0.15, 0.2) is 51.8 Å². The highest BCUT2D eigenvalue weighted by Gasteiger charge is 2.20. The molecule has 3 nitrogen and oxygen atoms in total. The second kappa shape index (κ2) is 6.67. The van der Waals surface area contributed by atoms with Crippen molar-refractivity contribution >= 4 is 49.2 Å². The molecule has 2 aromatic carbocycles. The third-order valence-corrected chi connectivity index (χ3v) is 6.00. The van der Waals surface area contributed by atoms with Crippen molar-refractivity contribution in [2.24, 2.45) is 0 Å². The maximum absolute atomic E-state index is 12.4. The lowest BCUT2D eigenvalue weighted by Gasteiger charge is -2.16. The fourth-order valence-electron chi connectivity index (χ4n) is 1.83. The van der Waals surface area contributed by atoms with Crippen LogP contribution < -0.4 is 4.72 Å². The minimum absolute atomic E-state index is 0.137. The third-order valence-electron chi connectivity index (χ3n) is 2.91. The molecular weight excluding hydrogens is 397 g/mol. The van der Waals surface area contributed by atoms with E-state index in [4.69, 9.17) is 23.2 Å². The molecule has 0 fully saturated rings. The standard InChI is InChI=1S/C14H12BrCl2NO2S/c1-9(11-4-2-3-5-13(11)16)18-21(19,20)10-6-7-14(17)12(15)8-10/h2-9,18H,1H3. The van der Waals surface area contributed by atoms with Crippen molar-refractivity contribution in [3.05, 3.63) is 62.5 Å². The van der Waals surface area contributed by atoms with Gasteiger partial charge in [0.05, 0.1) is 9.92 Å². The zero-order valence-corrected chi connectivity index (χ0v) is 14.9. The van der Waals surface area contributed by atoms with E-state index in [0.29, 0.717) is 14.5 Å². The Kier molecular flexibility index (Phi) is 5.33. The number of benzene rings is 2. The predicted octanol–water partition coefficient (Wildman–Crippen LogP) is 4.80. The van der Waals surface area contributed by atoms with E-state index in [2.05, 4.69) is 20.7 Å². The molecule has 0 aromatic heterocycles. The molecule has 1 N–H and O–H groups in total. The molecule has 0 aliphatic rings. The molecule has 0 aliphatic heterocycles. The van der Waals surface area contributed by atoms with Crippen LogP contribution in [0.2, 0.25) is 10.0 Å². The van der Waals surface area contributed by atoms with Crippen LogP contribution in [0, 0.1) is 0 Å². The number of hydrogen-bond donors (Lipinski definition) is 1. The van der Waals surface area contributed by atoms with Gasteiger partial charge in [-0.15, -0.1) is 0 Å². The normalized spacial score (nSPS) is 13.1. The summed E-state index contributed by atoms with van der Waals surface area (Å²) in [6, 6.07) is 11.1. The molecule has 2 rings (SSSR count). The first-order valence-electron chi connectivity index (χ1n) is 6.03. The second-order valence-electron chi connectivity index (χ2n) is 4.44. The number of rotatable bonds is 4. The molecular formula is C14H12BrCl2NO2S. The van der Waals surface area contributed by atoms with E-state index >= 15 is 0 Å². The van der Waals surface area contributed by atoms with Crippen LogP contribution in [-0.4, -0.2) is 8.42 Å². The van der Waals surface area contributed by atoms with E-state index in [9.17, 15) is 8.42 Å². The first-order chi connectivity index (χ1) is 9.81. The summed E-state index contributed by atoms with van der Waals surface area (Å²) in [6.07, 6.45) is 0. The van der Waals surface area contributed by atoms with Gasteiger partial charge in [-0.05, 0) is 52.7 Å². The van der Waals surface area contributed by atoms with Gasteiger partial charge in [0.15, 0.2) is 0 Å². The lowest BCUT2D eigenvalue weighted by atomic mass is 10.1. The number of halogens is 3. The van der Waals surface area contributed by atoms with Crippen molar-refractivity contribution in [1.29, 1.82) is 0 Å². The van der Waals surface area contributed by atoms with E-state index < -0.39 is 16.1 Å². The minimum Gasteiger partial charge on any atom is -0.207 e. The number of sulfonamides is 1. The highest BCUT2D eigenvalue weighted by Crippen LogP contribution is 2.27. The van der Waals surface area contributed by atoms with Gasteiger partial charge in [-0.3, -0.25) is 0 Å². The highest BCUT2D eigenvalue weighted by molar-refractivity contribution is 9.10. The third kappa shape index (κ3) is 3.99. The summed E-state index contributed by atoms with van der Waals surface area (Å²) < 4.78 is 27.9. The Balaban J connectivity index is 2.29. The molecule has 0 spiro atoms. The molecule has 21 heavy (non-hydrogen) atoms. The Labute approximate surface area is 142 Å². The van der Waals surface area contributed by atoms with Crippen LogP contribution in [0.4, 0.5) is 0 Å². The lowest BCUT2D eigenvalue weighted by Crippen LogP contribution is -2.27. The molecule has 0 amide bonds. The van der Waals surface area contributed by atoms with Crippen molar-refractivity contribution in [3.8, 4) is 0 Å². The molecule has 0 bridgehead atoms. The van der Waals surface area contributed by atoms with Gasteiger partial charge in [-0.25, -0.2) is 13.1 Å².